The molecule has 152 valence electrons. The van der Waals surface area contributed by atoms with Gasteiger partial charge in [-0.25, -0.2) is 0 Å². The average molecular weight is 406 g/mol. The van der Waals surface area contributed by atoms with Crippen molar-refractivity contribution in [2.24, 2.45) is 0 Å². The number of pyridine rings is 1. The van der Waals surface area contributed by atoms with Gasteiger partial charge in [-0.05, 0) is 36.2 Å². The number of hydrogen-bond donors (Lipinski definition) is 1. The standard InChI is InChI=1S/C19H17F3N4O3/c20-19(21,22)28-14-5-3-4-12(8-14)10-26-11-13(27)9-16(26)18-24-17(25-29-18)15-6-1-2-7-23-15/h1-8,13,16,27H,9-11H2/t13-,16+/m1/s1. The minimum atomic E-state index is -4.75. The molecule has 3 heterocycles. The number of benzene rings is 1. The Morgan fingerprint density at radius 1 is 1.21 bits per heavy atom. The molecule has 4 rings (SSSR count). The summed E-state index contributed by atoms with van der Waals surface area (Å²) in [5.41, 5.74) is 1.17. The van der Waals surface area contributed by atoms with E-state index in [0.29, 0.717) is 35.9 Å². The number of nitrogens with zero attached hydrogens (tertiary/aromatic N) is 4. The van der Waals surface area contributed by atoms with Gasteiger partial charge in [-0.1, -0.05) is 23.4 Å². The summed E-state index contributed by atoms with van der Waals surface area (Å²) >= 11 is 0. The summed E-state index contributed by atoms with van der Waals surface area (Å²) < 4.78 is 46.7. The molecule has 0 radical (unpaired) electrons. The van der Waals surface area contributed by atoms with Crippen molar-refractivity contribution < 1.29 is 27.5 Å². The van der Waals surface area contributed by atoms with Gasteiger partial charge < -0.3 is 14.4 Å². The van der Waals surface area contributed by atoms with Crippen molar-refractivity contribution in [3.8, 4) is 17.3 Å². The lowest BCUT2D eigenvalue weighted by Crippen LogP contribution is -2.24. The molecule has 1 N–H and O–H groups in total. The Kier molecular flexibility index (Phi) is 5.20. The van der Waals surface area contributed by atoms with Gasteiger partial charge in [0, 0.05) is 19.3 Å². The van der Waals surface area contributed by atoms with Crippen LogP contribution in [0.1, 0.15) is 23.9 Å². The number of likely N-dealkylation sites (tertiary alicyclic amines) is 1. The molecule has 7 nitrogen and oxygen atoms in total. The molecule has 0 amide bonds. The van der Waals surface area contributed by atoms with Crippen LogP contribution in [0.3, 0.4) is 0 Å². The van der Waals surface area contributed by atoms with Crippen LogP contribution in [0.2, 0.25) is 0 Å². The van der Waals surface area contributed by atoms with E-state index in [1.165, 1.54) is 18.2 Å². The third kappa shape index (κ3) is 4.72. The third-order valence-electron chi connectivity index (χ3n) is 4.52. The molecular formula is C19H17F3N4O3. The number of β-amino-alcohol motifs (C(OH)–C–C–N with tert-alkyl or cyclic N) is 1. The fourth-order valence-electron chi connectivity index (χ4n) is 3.36. The number of ether oxygens (including phenoxy) is 1. The normalized spacial score (nSPS) is 20.1. The van der Waals surface area contributed by atoms with Crippen molar-refractivity contribution in [3.05, 3.63) is 60.1 Å². The van der Waals surface area contributed by atoms with Crippen molar-refractivity contribution in [1.29, 1.82) is 0 Å². The molecule has 2 atom stereocenters. The van der Waals surface area contributed by atoms with Gasteiger partial charge in [0.05, 0.1) is 12.1 Å². The van der Waals surface area contributed by atoms with Gasteiger partial charge in [0.25, 0.3) is 0 Å². The fourth-order valence-corrected chi connectivity index (χ4v) is 3.36. The summed E-state index contributed by atoms with van der Waals surface area (Å²) in [5.74, 6) is 0.369. The lowest BCUT2D eigenvalue weighted by molar-refractivity contribution is -0.274. The minimum absolute atomic E-state index is 0.290. The number of aromatic nitrogens is 3. The predicted molar refractivity (Wildman–Crippen MR) is 94.4 cm³/mol. The van der Waals surface area contributed by atoms with Crippen molar-refractivity contribution >= 4 is 0 Å². The zero-order chi connectivity index (χ0) is 20.4. The molecule has 1 aliphatic rings. The summed E-state index contributed by atoms with van der Waals surface area (Å²) in [6.07, 6.45) is -3.37. The highest BCUT2D eigenvalue weighted by Crippen LogP contribution is 2.34. The topological polar surface area (TPSA) is 84.5 Å². The summed E-state index contributed by atoms with van der Waals surface area (Å²) in [6, 6.07) is 10.7. The largest absolute Gasteiger partial charge is 0.573 e. The molecule has 29 heavy (non-hydrogen) atoms. The number of rotatable bonds is 5. The number of halogens is 3. The zero-order valence-electron chi connectivity index (χ0n) is 15.1. The molecule has 0 unspecified atom stereocenters. The van der Waals surface area contributed by atoms with Crippen LogP contribution in [0.4, 0.5) is 13.2 Å². The quantitative estimate of drug-likeness (QED) is 0.696. The Morgan fingerprint density at radius 2 is 2.07 bits per heavy atom. The molecule has 1 fully saturated rings. The molecule has 1 saturated heterocycles. The maximum absolute atomic E-state index is 12.5. The Morgan fingerprint density at radius 3 is 2.83 bits per heavy atom. The molecular weight excluding hydrogens is 389 g/mol. The Balaban J connectivity index is 1.52. The average Bonchev–Trinajstić information content (AvgIpc) is 3.28. The number of aliphatic hydroxyl groups excluding tert-OH is 1. The van der Waals surface area contributed by atoms with E-state index < -0.39 is 12.5 Å². The van der Waals surface area contributed by atoms with Crippen molar-refractivity contribution in [3.63, 3.8) is 0 Å². The first-order chi connectivity index (χ1) is 13.9. The van der Waals surface area contributed by atoms with E-state index in [-0.39, 0.29) is 18.3 Å². The first-order valence-corrected chi connectivity index (χ1v) is 8.89. The van der Waals surface area contributed by atoms with E-state index in [9.17, 15) is 18.3 Å². The van der Waals surface area contributed by atoms with Crippen LogP contribution < -0.4 is 4.74 Å². The van der Waals surface area contributed by atoms with Crippen molar-refractivity contribution in [2.75, 3.05) is 6.54 Å². The zero-order valence-corrected chi connectivity index (χ0v) is 15.1. The Hall–Kier alpha value is -2.98. The summed E-state index contributed by atoms with van der Waals surface area (Å²) in [6.45, 7) is 0.619. The van der Waals surface area contributed by atoms with Crippen LogP contribution >= 0.6 is 0 Å². The van der Waals surface area contributed by atoms with Crippen molar-refractivity contribution in [2.45, 2.75) is 31.5 Å². The first kappa shape index (κ1) is 19.3. The predicted octanol–water partition coefficient (Wildman–Crippen LogP) is 3.34. The van der Waals surface area contributed by atoms with Crippen LogP contribution in [0.25, 0.3) is 11.5 Å². The van der Waals surface area contributed by atoms with Crippen LogP contribution in [-0.4, -0.2) is 44.1 Å². The Labute approximate surface area is 163 Å². The minimum Gasteiger partial charge on any atom is -0.406 e. The lowest BCUT2D eigenvalue weighted by atomic mass is 10.1. The van der Waals surface area contributed by atoms with Crippen LogP contribution in [0.5, 0.6) is 5.75 Å². The number of alkyl halides is 3. The number of aliphatic hydroxyl groups is 1. The molecule has 2 aromatic heterocycles. The summed E-state index contributed by atoms with van der Waals surface area (Å²) in [7, 11) is 0. The van der Waals surface area contributed by atoms with E-state index in [2.05, 4.69) is 19.9 Å². The smallest absolute Gasteiger partial charge is 0.406 e. The van der Waals surface area contributed by atoms with Gasteiger partial charge in [-0.3, -0.25) is 9.88 Å². The van der Waals surface area contributed by atoms with Crippen LogP contribution in [0, 0.1) is 0 Å². The molecule has 0 bridgehead atoms. The van der Waals surface area contributed by atoms with Gasteiger partial charge in [0.15, 0.2) is 0 Å². The SMILES string of the molecule is O[C@@H]1C[C@@H](c2nc(-c3ccccn3)no2)N(Cc2cccc(OC(F)(F)F)c2)C1. The maximum atomic E-state index is 12.5. The highest BCUT2D eigenvalue weighted by molar-refractivity contribution is 5.47. The van der Waals surface area contributed by atoms with Gasteiger partial charge in [0.1, 0.15) is 11.4 Å². The second-order valence-electron chi connectivity index (χ2n) is 6.70. The highest BCUT2D eigenvalue weighted by atomic mass is 19.4. The van der Waals surface area contributed by atoms with Gasteiger partial charge in [-0.2, -0.15) is 4.98 Å². The molecule has 0 saturated carbocycles. The van der Waals surface area contributed by atoms with E-state index in [0.717, 1.165) is 0 Å². The van der Waals surface area contributed by atoms with Crippen LogP contribution in [0.15, 0.2) is 53.2 Å². The first-order valence-electron chi connectivity index (χ1n) is 8.89. The molecule has 1 aromatic carbocycles. The Bertz CT molecular complexity index is 965. The molecule has 1 aliphatic heterocycles. The molecule has 10 heteroatoms. The third-order valence-corrected chi connectivity index (χ3v) is 4.52. The second-order valence-corrected chi connectivity index (χ2v) is 6.70. The van der Waals surface area contributed by atoms with Gasteiger partial charge >= 0.3 is 6.36 Å². The maximum Gasteiger partial charge on any atom is 0.573 e. The summed E-state index contributed by atoms with van der Waals surface area (Å²) in [4.78, 5) is 10.4. The molecule has 0 aliphatic carbocycles. The van der Waals surface area contributed by atoms with Crippen LogP contribution in [-0.2, 0) is 6.54 Å². The van der Waals surface area contributed by atoms with Gasteiger partial charge in [-0.15, -0.1) is 13.2 Å². The number of hydrogen-bond acceptors (Lipinski definition) is 7. The highest BCUT2D eigenvalue weighted by Gasteiger charge is 2.36. The van der Waals surface area contributed by atoms with E-state index in [1.807, 2.05) is 4.90 Å². The van der Waals surface area contributed by atoms with Crippen molar-refractivity contribution in [1.82, 2.24) is 20.0 Å². The van der Waals surface area contributed by atoms with E-state index >= 15 is 0 Å². The monoisotopic (exact) mass is 406 g/mol. The fraction of sp³-hybridized carbons (Fsp3) is 0.316. The van der Waals surface area contributed by atoms with E-state index in [4.69, 9.17) is 4.52 Å². The summed E-state index contributed by atoms with van der Waals surface area (Å²) in [5, 5.41) is 14.1. The van der Waals surface area contributed by atoms with E-state index in [1.54, 1.807) is 30.5 Å². The lowest BCUT2D eigenvalue weighted by Gasteiger charge is -2.21. The second kappa shape index (κ2) is 7.80. The van der Waals surface area contributed by atoms with Gasteiger partial charge in [0.2, 0.25) is 11.7 Å². The molecule has 0 spiro atoms. The molecule has 3 aromatic rings.